The Morgan fingerprint density at radius 3 is 2.34 bits per heavy atom. The molecule has 0 aliphatic carbocycles. The third kappa shape index (κ3) is 8.89. The first-order valence-corrected chi connectivity index (χ1v) is 22.1. The molecule has 0 spiro atoms. The Morgan fingerprint density at radius 2 is 1.66 bits per heavy atom. The van der Waals surface area contributed by atoms with Crippen LogP contribution < -0.4 is 25.3 Å². The third-order valence-electron chi connectivity index (χ3n) is 12.7. The number of aromatic amines is 1. The van der Waals surface area contributed by atoms with Crippen LogP contribution in [-0.2, 0) is 10.2 Å². The molecule has 2 aromatic carbocycles. The van der Waals surface area contributed by atoms with E-state index in [2.05, 4.69) is 80.8 Å². The molecule has 6 aromatic rings. The van der Waals surface area contributed by atoms with Crippen LogP contribution in [0.2, 0.25) is 0 Å². The highest BCUT2D eigenvalue weighted by Crippen LogP contribution is 2.32. The number of aryl methyl sites for hydroxylation is 2. The Morgan fingerprint density at radius 1 is 0.875 bits per heavy atom. The number of nitrogens with one attached hydrogen (secondary N) is 3. The SMILES string of the molecule is Cc1cc(-c2ncnc3nc(-c4ccc(N5CCN(CC6CCN(c7ccc(N8CCC(=O)NC8=O)c(C)c7)CC6)CC5)nc4)[nH]c23)ccc1[C@@H](C)NC(=O)c1noc(C(C)(C)C)n1. The summed E-state index contributed by atoms with van der Waals surface area (Å²) in [6, 6.07) is 15.8. The van der Waals surface area contributed by atoms with E-state index >= 15 is 0 Å². The fourth-order valence-corrected chi connectivity index (χ4v) is 9.00. The Labute approximate surface area is 372 Å². The van der Waals surface area contributed by atoms with Gasteiger partial charge in [0.25, 0.3) is 11.7 Å². The Bertz CT molecular complexity index is 2690. The highest BCUT2D eigenvalue weighted by atomic mass is 16.5. The number of rotatable bonds is 10. The maximum absolute atomic E-state index is 13.0. The van der Waals surface area contributed by atoms with E-state index in [1.165, 1.54) is 12.0 Å². The van der Waals surface area contributed by atoms with Gasteiger partial charge in [-0.2, -0.15) is 4.98 Å². The summed E-state index contributed by atoms with van der Waals surface area (Å²) < 4.78 is 5.31. The van der Waals surface area contributed by atoms with Gasteiger partial charge in [-0.1, -0.05) is 38.1 Å². The number of nitrogens with zero attached hydrogens (tertiary/aromatic N) is 10. The number of hydrogen-bond acceptors (Lipinski definition) is 13. The van der Waals surface area contributed by atoms with Gasteiger partial charge in [0.15, 0.2) is 5.65 Å². The van der Waals surface area contributed by atoms with Crippen LogP contribution >= 0.6 is 0 Å². The largest absolute Gasteiger partial charge is 0.372 e. The zero-order chi connectivity index (χ0) is 44.7. The number of benzene rings is 2. The van der Waals surface area contributed by atoms with E-state index in [1.54, 1.807) is 4.90 Å². The van der Waals surface area contributed by atoms with Crippen LogP contribution in [0.3, 0.4) is 0 Å². The van der Waals surface area contributed by atoms with Crippen molar-refractivity contribution in [3.8, 4) is 22.6 Å². The number of amides is 4. The molecule has 4 amide bonds. The first-order chi connectivity index (χ1) is 30.8. The molecule has 0 saturated carbocycles. The molecule has 17 heteroatoms. The standard InChI is InChI=1S/C47H55N13O4/c1-28-23-32(7-10-35(28)30(3)51-44(62)43-55-45(64-56-43)47(4,5)6)39-40-42(50-27-49-39)54-41(53-40)33-8-12-37(48-25-33)59-21-19-57(20-22-59)26-31-13-16-58(17-14-31)34-9-11-36(29(2)24-34)60-18-15-38(61)52-46(60)63/h7-12,23-25,27,30-31H,13-22,26H2,1-6H3,(H,51,62)(H,52,61,63)(H,49,50,53,54)/t30-/m1/s1. The summed E-state index contributed by atoms with van der Waals surface area (Å²) in [5.41, 5.74) is 8.47. The van der Waals surface area contributed by atoms with E-state index in [4.69, 9.17) is 14.5 Å². The van der Waals surface area contributed by atoms with E-state index in [0.717, 1.165) is 109 Å². The molecule has 0 radical (unpaired) electrons. The molecule has 3 fully saturated rings. The molecule has 0 bridgehead atoms. The third-order valence-corrected chi connectivity index (χ3v) is 12.7. The number of fused-ring (bicyclic) bond motifs is 1. The van der Waals surface area contributed by atoms with Crippen LogP contribution in [-0.4, -0.2) is 110 Å². The van der Waals surface area contributed by atoms with Crippen LogP contribution in [0.4, 0.5) is 22.0 Å². The molecular weight excluding hydrogens is 811 g/mol. The Balaban J connectivity index is 0.771. The van der Waals surface area contributed by atoms with Crippen LogP contribution in [0.25, 0.3) is 33.8 Å². The molecular formula is C47H55N13O4. The molecule has 3 aliphatic rings. The van der Waals surface area contributed by atoms with Gasteiger partial charge < -0.3 is 24.6 Å². The van der Waals surface area contributed by atoms with Crippen molar-refractivity contribution in [3.63, 3.8) is 0 Å². The second kappa shape index (κ2) is 17.4. The van der Waals surface area contributed by atoms with Gasteiger partial charge in [-0.3, -0.25) is 24.7 Å². The average Bonchev–Trinajstić information content (AvgIpc) is 3.97. The van der Waals surface area contributed by atoms with E-state index in [1.807, 2.05) is 65.9 Å². The topological polar surface area (TPSA) is 194 Å². The van der Waals surface area contributed by atoms with Crippen LogP contribution in [0, 0.1) is 19.8 Å². The lowest BCUT2D eigenvalue weighted by atomic mass is 9.95. The predicted octanol–water partition coefficient (Wildman–Crippen LogP) is 6.36. The number of urea groups is 1. The number of piperazine rings is 1. The number of piperidine rings is 1. The number of H-pyrrole nitrogens is 1. The van der Waals surface area contributed by atoms with Gasteiger partial charge in [0.1, 0.15) is 23.5 Å². The maximum Gasteiger partial charge on any atom is 0.328 e. The van der Waals surface area contributed by atoms with E-state index in [0.29, 0.717) is 36.2 Å². The lowest BCUT2D eigenvalue weighted by molar-refractivity contribution is -0.120. The summed E-state index contributed by atoms with van der Waals surface area (Å²) in [5.74, 6) is 2.09. The van der Waals surface area contributed by atoms with E-state index in [-0.39, 0.29) is 29.2 Å². The average molecular weight is 866 g/mol. The lowest BCUT2D eigenvalue weighted by Gasteiger charge is -2.40. The second-order valence-electron chi connectivity index (χ2n) is 18.3. The van der Waals surface area contributed by atoms with Gasteiger partial charge in [0, 0.05) is 92.9 Å². The molecule has 7 heterocycles. The quantitative estimate of drug-likeness (QED) is 0.138. The van der Waals surface area contributed by atoms with Gasteiger partial charge in [-0.25, -0.2) is 24.7 Å². The summed E-state index contributed by atoms with van der Waals surface area (Å²) in [4.78, 5) is 72.6. The number of imide groups is 1. The summed E-state index contributed by atoms with van der Waals surface area (Å²) in [6.07, 6.45) is 6.01. The molecule has 1 atom stereocenters. The maximum atomic E-state index is 13.0. The molecule has 332 valence electrons. The van der Waals surface area contributed by atoms with Crippen molar-refractivity contribution in [3.05, 3.63) is 89.5 Å². The number of aromatic nitrogens is 7. The number of carbonyl (C=O) groups excluding carboxylic acids is 3. The minimum atomic E-state index is -0.396. The van der Waals surface area contributed by atoms with Crippen molar-refractivity contribution in [1.82, 2.24) is 50.6 Å². The summed E-state index contributed by atoms with van der Waals surface area (Å²) in [5, 5.41) is 9.30. The van der Waals surface area contributed by atoms with Crippen molar-refractivity contribution in [2.45, 2.75) is 72.3 Å². The summed E-state index contributed by atoms with van der Waals surface area (Å²) in [6.45, 7) is 19.2. The van der Waals surface area contributed by atoms with Crippen molar-refractivity contribution in [2.24, 2.45) is 5.92 Å². The normalized spacial score (nSPS) is 17.2. The van der Waals surface area contributed by atoms with Crippen LogP contribution in [0.15, 0.2) is 65.6 Å². The Kier molecular flexibility index (Phi) is 11.6. The second-order valence-corrected chi connectivity index (χ2v) is 18.3. The molecule has 3 saturated heterocycles. The van der Waals surface area contributed by atoms with Gasteiger partial charge in [0.2, 0.25) is 11.8 Å². The highest BCUT2D eigenvalue weighted by Gasteiger charge is 2.29. The van der Waals surface area contributed by atoms with Crippen molar-refractivity contribution < 1.29 is 18.9 Å². The van der Waals surface area contributed by atoms with Crippen molar-refractivity contribution in [2.75, 3.05) is 67.1 Å². The van der Waals surface area contributed by atoms with Crippen molar-refractivity contribution >= 4 is 46.2 Å². The molecule has 0 unspecified atom stereocenters. The number of pyridine rings is 1. The zero-order valence-corrected chi connectivity index (χ0v) is 37.3. The van der Waals surface area contributed by atoms with Gasteiger partial charge in [0.05, 0.1) is 11.7 Å². The molecule has 9 rings (SSSR count). The highest BCUT2D eigenvalue weighted by molar-refractivity contribution is 6.06. The zero-order valence-electron chi connectivity index (χ0n) is 37.3. The predicted molar refractivity (Wildman–Crippen MR) is 244 cm³/mol. The number of carbonyl (C=O) groups is 3. The summed E-state index contributed by atoms with van der Waals surface area (Å²) >= 11 is 0. The number of anilines is 3. The fourth-order valence-electron chi connectivity index (χ4n) is 9.00. The first-order valence-electron chi connectivity index (χ1n) is 22.1. The fraction of sp³-hybridized carbons (Fsp3) is 0.426. The molecule has 3 aliphatic heterocycles. The number of hydrogen-bond donors (Lipinski definition) is 3. The summed E-state index contributed by atoms with van der Waals surface area (Å²) in [7, 11) is 0. The lowest BCUT2D eigenvalue weighted by Crippen LogP contribution is -2.49. The smallest absolute Gasteiger partial charge is 0.328 e. The van der Waals surface area contributed by atoms with Gasteiger partial charge in [-0.15, -0.1) is 0 Å². The van der Waals surface area contributed by atoms with Crippen LogP contribution in [0.5, 0.6) is 0 Å². The van der Waals surface area contributed by atoms with Gasteiger partial charge in [-0.05, 0) is 92.6 Å². The van der Waals surface area contributed by atoms with E-state index < -0.39 is 5.91 Å². The first kappa shape index (κ1) is 42.5. The molecule has 3 N–H and O–H groups in total. The van der Waals surface area contributed by atoms with Crippen LogP contribution in [0.1, 0.15) is 86.2 Å². The Hall–Kier alpha value is -6.75. The number of imidazole rings is 1. The molecule has 4 aromatic heterocycles. The molecule has 64 heavy (non-hydrogen) atoms. The van der Waals surface area contributed by atoms with Gasteiger partial charge >= 0.3 is 6.03 Å². The minimum absolute atomic E-state index is 0.0120. The monoisotopic (exact) mass is 865 g/mol. The molecule has 17 nitrogen and oxygen atoms in total. The van der Waals surface area contributed by atoms with E-state index in [9.17, 15) is 14.4 Å². The minimum Gasteiger partial charge on any atom is -0.372 e. The van der Waals surface area contributed by atoms with Crippen molar-refractivity contribution in [1.29, 1.82) is 0 Å².